The fourth-order valence-electron chi connectivity index (χ4n) is 1.53. The highest BCUT2D eigenvalue weighted by Gasteiger charge is 2.07. The number of hydrogen-bond donors (Lipinski definition) is 2. The number of aromatic nitrogens is 1. The third-order valence-electron chi connectivity index (χ3n) is 2.33. The van der Waals surface area contributed by atoms with E-state index in [1.165, 1.54) is 0 Å². The molecule has 0 aliphatic heterocycles. The first kappa shape index (κ1) is 11.0. The second-order valence-electron chi connectivity index (χ2n) is 3.58. The Hall–Kier alpha value is -2.54. The van der Waals surface area contributed by atoms with Crippen LogP contribution < -0.4 is 5.32 Å². The number of rotatable bonds is 3. The summed E-state index contributed by atoms with van der Waals surface area (Å²) in [6.45, 7) is 0. The number of aromatic amines is 1. The lowest BCUT2D eigenvalue weighted by Gasteiger charge is -2.05. The van der Waals surface area contributed by atoms with Gasteiger partial charge < -0.3 is 10.3 Å². The van der Waals surface area contributed by atoms with E-state index in [0.717, 1.165) is 5.69 Å². The summed E-state index contributed by atoms with van der Waals surface area (Å²) in [5.41, 5.74) is 1.86. The number of amides is 1. The molecule has 1 amide bonds. The molecule has 1 aromatic carbocycles. The Labute approximate surface area is 98.9 Å². The van der Waals surface area contributed by atoms with Crippen molar-refractivity contribution in [2.24, 2.45) is 0 Å². The average molecular weight is 225 g/mol. The van der Waals surface area contributed by atoms with Crippen LogP contribution in [0.1, 0.15) is 11.3 Å². The summed E-state index contributed by atoms with van der Waals surface area (Å²) < 4.78 is 0. The quantitative estimate of drug-likeness (QED) is 0.839. The Kier molecular flexibility index (Phi) is 3.22. The third kappa shape index (κ3) is 2.73. The molecule has 0 fully saturated rings. The number of hydrogen-bond acceptors (Lipinski definition) is 2. The molecule has 1 aromatic heterocycles. The molecule has 2 rings (SSSR count). The minimum absolute atomic E-state index is 0.143. The van der Waals surface area contributed by atoms with Gasteiger partial charge >= 0.3 is 0 Å². The van der Waals surface area contributed by atoms with Gasteiger partial charge in [0.1, 0.15) is 6.07 Å². The molecule has 0 radical (unpaired) electrons. The van der Waals surface area contributed by atoms with Crippen molar-refractivity contribution in [1.29, 1.82) is 5.26 Å². The monoisotopic (exact) mass is 225 g/mol. The van der Waals surface area contributed by atoms with Crippen molar-refractivity contribution in [3.05, 3.63) is 53.9 Å². The van der Waals surface area contributed by atoms with Crippen LogP contribution in [0.5, 0.6) is 0 Å². The lowest BCUT2D eigenvalue weighted by Crippen LogP contribution is -2.15. The van der Waals surface area contributed by atoms with Gasteiger partial charge in [-0.05, 0) is 24.3 Å². The second kappa shape index (κ2) is 4.99. The number of carbonyl (C=O) groups is 1. The number of benzene rings is 1. The van der Waals surface area contributed by atoms with Crippen LogP contribution in [0.15, 0.2) is 42.6 Å². The van der Waals surface area contributed by atoms with Crippen LogP contribution in [0.4, 0.5) is 5.69 Å². The van der Waals surface area contributed by atoms with Gasteiger partial charge in [-0.3, -0.25) is 4.79 Å². The Morgan fingerprint density at radius 2 is 2.12 bits per heavy atom. The summed E-state index contributed by atoms with van der Waals surface area (Å²) in [6.07, 6.45) is 2.04. The fraction of sp³-hybridized carbons (Fsp3) is 0.0769. The molecule has 1 heterocycles. The molecule has 0 aliphatic rings. The Morgan fingerprint density at radius 1 is 1.29 bits per heavy atom. The predicted molar refractivity (Wildman–Crippen MR) is 64.3 cm³/mol. The highest BCUT2D eigenvalue weighted by atomic mass is 16.1. The number of nitrogens with one attached hydrogen (secondary N) is 2. The first-order valence-corrected chi connectivity index (χ1v) is 5.21. The van der Waals surface area contributed by atoms with E-state index in [2.05, 4.69) is 10.3 Å². The summed E-state index contributed by atoms with van der Waals surface area (Å²) >= 11 is 0. The van der Waals surface area contributed by atoms with Crippen LogP contribution in [0, 0.1) is 11.3 Å². The van der Waals surface area contributed by atoms with E-state index in [1.54, 1.807) is 30.5 Å². The van der Waals surface area contributed by atoms with E-state index < -0.39 is 0 Å². The molecule has 0 spiro atoms. The molecule has 4 nitrogen and oxygen atoms in total. The maximum atomic E-state index is 11.7. The van der Waals surface area contributed by atoms with Gasteiger partial charge in [-0.25, -0.2) is 0 Å². The molecule has 84 valence electrons. The zero-order valence-corrected chi connectivity index (χ0v) is 9.10. The van der Waals surface area contributed by atoms with Crippen molar-refractivity contribution in [2.45, 2.75) is 6.42 Å². The molecule has 17 heavy (non-hydrogen) atoms. The molecule has 0 saturated heterocycles. The van der Waals surface area contributed by atoms with Gasteiger partial charge in [0.15, 0.2) is 0 Å². The molecular formula is C13H11N3O. The number of anilines is 1. The molecule has 0 aliphatic carbocycles. The summed E-state index contributed by atoms with van der Waals surface area (Å²) in [5, 5.41) is 11.6. The number of carbonyl (C=O) groups excluding carboxylic acids is 1. The third-order valence-corrected chi connectivity index (χ3v) is 2.33. The van der Waals surface area contributed by atoms with Gasteiger partial charge in [-0.15, -0.1) is 0 Å². The van der Waals surface area contributed by atoms with Crippen molar-refractivity contribution in [3.63, 3.8) is 0 Å². The summed E-state index contributed by atoms with van der Waals surface area (Å²) in [5.74, 6) is -0.143. The van der Waals surface area contributed by atoms with E-state index in [9.17, 15) is 4.79 Å². The minimum atomic E-state index is -0.143. The maximum absolute atomic E-state index is 11.7. The van der Waals surface area contributed by atoms with Gasteiger partial charge in [-0.2, -0.15) is 5.26 Å². The number of nitrogens with zero attached hydrogens (tertiary/aromatic N) is 1. The Morgan fingerprint density at radius 3 is 2.82 bits per heavy atom. The topological polar surface area (TPSA) is 68.7 Å². The maximum Gasteiger partial charge on any atom is 0.230 e. The molecule has 0 atom stereocenters. The fourth-order valence-corrected chi connectivity index (χ4v) is 1.53. The van der Waals surface area contributed by atoms with Gasteiger partial charge in [0.25, 0.3) is 0 Å². The summed E-state index contributed by atoms with van der Waals surface area (Å²) in [7, 11) is 0. The Bertz CT molecular complexity index is 552. The van der Waals surface area contributed by atoms with E-state index in [0.29, 0.717) is 11.3 Å². The lowest BCUT2D eigenvalue weighted by atomic mass is 10.2. The minimum Gasteiger partial charge on any atom is -0.365 e. The number of nitriles is 1. The predicted octanol–water partition coefficient (Wildman–Crippen LogP) is 2.07. The van der Waals surface area contributed by atoms with E-state index >= 15 is 0 Å². The largest absolute Gasteiger partial charge is 0.365 e. The van der Waals surface area contributed by atoms with Crippen molar-refractivity contribution in [2.75, 3.05) is 5.32 Å². The van der Waals surface area contributed by atoms with Gasteiger partial charge in [0.2, 0.25) is 5.91 Å². The first-order valence-electron chi connectivity index (χ1n) is 5.21. The average Bonchev–Trinajstić information content (AvgIpc) is 2.82. The molecule has 4 heteroatoms. The van der Waals surface area contributed by atoms with Crippen LogP contribution in [-0.4, -0.2) is 10.9 Å². The highest BCUT2D eigenvalue weighted by molar-refractivity contribution is 5.93. The second-order valence-corrected chi connectivity index (χ2v) is 3.58. The molecule has 2 aromatic rings. The first-order chi connectivity index (χ1) is 8.29. The van der Waals surface area contributed by atoms with Crippen LogP contribution in [0.25, 0.3) is 0 Å². The van der Waals surface area contributed by atoms with Crippen LogP contribution >= 0.6 is 0 Å². The van der Waals surface area contributed by atoms with Crippen molar-refractivity contribution in [3.8, 4) is 6.07 Å². The molecular weight excluding hydrogens is 214 g/mol. The van der Waals surface area contributed by atoms with Crippen LogP contribution in [0.3, 0.4) is 0 Å². The van der Waals surface area contributed by atoms with E-state index in [-0.39, 0.29) is 12.3 Å². The smallest absolute Gasteiger partial charge is 0.230 e. The highest BCUT2D eigenvalue weighted by Crippen LogP contribution is 2.13. The van der Waals surface area contributed by atoms with Crippen LogP contribution in [-0.2, 0) is 11.2 Å². The number of para-hydroxylation sites is 1. The Balaban J connectivity index is 2.06. The zero-order chi connectivity index (χ0) is 12.1. The summed E-state index contributed by atoms with van der Waals surface area (Å²) in [4.78, 5) is 14.7. The molecule has 0 saturated carbocycles. The summed E-state index contributed by atoms with van der Waals surface area (Å²) in [6, 6.07) is 12.6. The van der Waals surface area contributed by atoms with Crippen LogP contribution in [0.2, 0.25) is 0 Å². The number of H-pyrrole nitrogens is 1. The molecule has 0 unspecified atom stereocenters. The van der Waals surface area contributed by atoms with Crippen molar-refractivity contribution >= 4 is 11.6 Å². The van der Waals surface area contributed by atoms with Crippen molar-refractivity contribution in [1.82, 2.24) is 4.98 Å². The van der Waals surface area contributed by atoms with E-state index in [4.69, 9.17) is 5.26 Å². The molecule has 2 N–H and O–H groups in total. The van der Waals surface area contributed by atoms with Gasteiger partial charge in [0.05, 0.1) is 17.7 Å². The molecule has 0 bridgehead atoms. The zero-order valence-electron chi connectivity index (χ0n) is 9.10. The van der Waals surface area contributed by atoms with Gasteiger partial charge in [-0.1, -0.05) is 12.1 Å². The van der Waals surface area contributed by atoms with Gasteiger partial charge in [0, 0.05) is 11.9 Å². The lowest BCUT2D eigenvalue weighted by molar-refractivity contribution is -0.115. The standard InChI is InChI=1S/C13H11N3O/c14-9-10-4-1-2-6-12(10)16-13(17)8-11-5-3-7-15-11/h1-7,15H,8H2,(H,16,17). The van der Waals surface area contributed by atoms with Crippen molar-refractivity contribution < 1.29 is 4.79 Å². The SMILES string of the molecule is N#Cc1ccccc1NC(=O)Cc1ccc[nH]1. The normalized spacial score (nSPS) is 9.59. The van der Waals surface area contributed by atoms with E-state index in [1.807, 2.05) is 18.2 Å².